The molecular formula is C91H93ClF3N5O24S. The maximum Gasteiger partial charge on any atom is 0.540 e. The van der Waals surface area contributed by atoms with E-state index in [1.54, 1.807) is 141 Å². The van der Waals surface area contributed by atoms with Crippen LogP contribution in [0.25, 0.3) is 0 Å². The number of unbranched alkanes of at least 4 members (excludes halogenated alkanes) is 6. The Morgan fingerprint density at radius 3 is 1.26 bits per heavy atom. The van der Waals surface area contributed by atoms with Crippen molar-refractivity contribution in [2.45, 2.75) is 132 Å². The standard InChI is InChI=1S/C22H23NO5.C20H19NO6.C19H27NO3.C17H12ClNO4.C13H12F3NO6S/c1-2-3-4-11-16-19(24)20(21(25)17-12-7-5-8-13-17)23-28-22(26)27-18-14-9-6-10-15-18;1-4-26-20(24)27-21-17(18(22)14-7-5-13(2)6-8-14)19(23)15-9-11-16(25-3)12-10-15;1-5-6-7-8-9-17(20-13-18(21)23-4)19(22)16-11-10-14(2)12-15(16)3;1-11(20)23-19-15(16(21)12-5-3-2-4-6-12)17(22)13-7-9-14(18)10-8-13;1-3-22-12(19)10(17-23-24(20,21)13(14,15)16)11(18)9-6-4-8(2)5-7-9/h5-10,12-15H,2-4,11,16H2,1H3;5-12H,4H2,1-3H3;10-12H,5-9,13H2,1-4H3;2-10H,1H3;4-7H,3H2,1-2H3/b23-20+;21-17-;;19-15-;17-10-. The first-order valence-electron chi connectivity index (χ1n) is 38.7. The first-order valence-corrected chi connectivity index (χ1v) is 40.4. The van der Waals surface area contributed by atoms with E-state index in [0.29, 0.717) is 40.5 Å². The lowest BCUT2D eigenvalue weighted by Crippen LogP contribution is -2.29. The van der Waals surface area contributed by atoms with Crippen LogP contribution in [0.1, 0.15) is 194 Å². The molecule has 29 nitrogen and oxygen atoms in total. The SMILES string of the molecule is CC(=O)O/N=C(/C(=O)c1ccccc1)C(=O)c1ccc(Cl)cc1.CCCCCCC(=NCC(=O)OC)C(=O)c1ccc(C)cc1C.CCCCCCC(=O)/C(=N\OC(=O)Oc1ccccc1)C(=O)c1ccccc1.CCOC(=O)/C(=N\OS(=O)(=O)C(F)(F)F)C(=O)c1ccc(C)cc1.CCOC(=O)O/N=C(/C(=O)c1ccc(C)cc1)C(=O)c1ccc(OC)cc1. The smallest absolute Gasteiger partial charge is 0.497 e. The second-order valence-corrected chi connectivity index (χ2v) is 28.2. The summed E-state index contributed by atoms with van der Waals surface area (Å²) in [5.74, 6) is -6.67. The number of carbonyl (C=O) groups is 13. The number of nitrogens with zero attached hydrogens (tertiary/aromatic N) is 5. The highest BCUT2D eigenvalue weighted by molar-refractivity contribution is 7.87. The molecule has 0 amide bonds. The monoisotopic (exact) mass is 1760 g/mol. The van der Waals surface area contributed by atoms with E-state index in [1.165, 1.54) is 81.8 Å². The third-order valence-electron chi connectivity index (χ3n) is 16.6. The van der Waals surface area contributed by atoms with E-state index >= 15 is 0 Å². The number of rotatable bonds is 37. The van der Waals surface area contributed by atoms with Crippen molar-refractivity contribution in [2.24, 2.45) is 25.6 Å². The molecule has 34 heteroatoms. The van der Waals surface area contributed by atoms with Crippen LogP contribution in [-0.4, -0.2) is 153 Å². The molecule has 8 aromatic carbocycles. The maximum atomic E-state index is 12.8. The summed E-state index contributed by atoms with van der Waals surface area (Å²) in [4.78, 5) is 176. The zero-order valence-corrected chi connectivity index (χ0v) is 71.8. The Hall–Kier alpha value is -14.0. The van der Waals surface area contributed by atoms with E-state index in [1.807, 2.05) is 39.0 Å². The summed E-state index contributed by atoms with van der Waals surface area (Å²) < 4.78 is 85.4. The van der Waals surface area contributed by atoms with Gasteiger partial charge in [-0.25, -0.2) is 19.2 Å². The van der Waals surface area contributed by atoms with Crippen molar-refractivity contribution in [3.8, 4) is 11.5 Å². The lowest BCUT2D eigenvalue weighted by atomic mass is 9.97. The second kappa shape index (κ2) is 54.4. The van der Waals surface area contributed by atoms with Gasteiger partial charge in [0.25, 0.3) is 0 Å². The maximum absolute atomic E-state index is 12.8. The summed E-state index contributed by atoms with van der Waals surface area (Å²) in [6, 6.07) is 54.7. The van der Waals surface area contributed by atoms with Crippen molar-refractivity contribution in [3.05, 3.63) is 272 Å². The molecule has 8 rings (SSSR count). The lowest BCUT2D eigenvalue weighted by Gasteiger charge is -2.09. The van der Waals surface area contributed by atoms with Crippen molar-refractivity contribution in [1.29, 1.82) is 0 Å². The van der Waals surface area contributed by atoms with Gasteiger partial charge >= 0.3 is 45.8 Å². The van der Waals surface area contributed by atoms with Gasteiger partial charge in [0.15, 0.2) is 22.9 Å². The highest BCUT2D eigenvalue weighted by Crippen LogP contribution is 2.26. The van der Waals surface area contributed by atoms with Crippen LogP contribution in [0.3, 0.4) is 0 Å². The van der Waals surface area contributed by atoms with E-state index in [-0.39, 0.29) is 65.5 Å². The molecule has 0 spiro atoms. The number of methoxy groups -OCH3 is 2. The van der Waals surface area contributed by atoms with E-state index in [2.05, 4.69) is 72.5 Å². The van der Waals surface area contributed by atoms with Gasteiger partial charge in [0, 0.05) is 57.3 Å². The number of ketones is 8. The summed E-state index contributed by atoms with van der Waals surface area (Å²) in [6.07, 6.45) is 6.35. The zero-order valence-electron chi connectivity index (χ0n) is 70.3. The number of esters is 2. The fourth-order valence-corrected chi connectivity index (χ4v) is 10.5. The number of para-hydroxylation sites is 1. The predicted molar refractivity (Wildman–Crippen MR) is 459 cm³/mol. The number of ether oxygens (including phenoxy) is 5. The van der Waals surface area contributed by atoms with Gasteiger partial charge < -0.3 is 28.5 Å². The minimum absolute atomic E-state index is 0.0714. The third kappa shape index (κ3) is 36.3. The number of benzene rings is 8. The number of carbonyl (C=O) groups excluding carboxylic acids is 13. The number of halogens is 4. The lowest BCUT2D eigenvalue weighted by molar-refractivity contribution is -0.141. The molecule has 0 saturated heterocycles. The minimum Gasteiger partial charge on any atom is -0.497 e. The molecular weight excluding hydrogens is 1670 g/mol. The molecule has 660 valence electrons. The number of aryl methyl sites for hydroxylation is 4. The quantitative estimate of drug-likeness (QED) is 0.00333. The first kappa shape index (κ1) is 103. The number of alkyl halides is 3. The Kier molecular flexibility index (Phi) is 45.0. The molecule has 0 fully saturated rings. The van der Waals surface area contributed by atoms with Crippen molar-refractivity contribution >= 4 is 127 Å². The van der Waals surface area contributed by atoms with Gasteiger partial charge in [0.1, 0.15) is 18.0 Å². The summed E-state index contributed by atoms with van der Waals surface area (Å²) in [5.41, 5.74) is -2.38. The van der Waals surface area contributed by atoms with Gasteiger partial charge in [-0.3, -0.25) is 62.1 Å². The van der Waals surface area contributed by atoms with E-state index < -0.39 is 109 Å². The molecule has 0 radical (unpaired) electrons. The fraction of sp³-hybridized carbons (Fsp3) is 0.275. The highest BCUT2D eigenvalue weighted by atomic mass is 35.5. The van der Waals surface area contributed by atoms with Crippen LogP contribution in [0.2, 0.25) is 5.02 Å². The van der Waals surface area contributed by atoms with Crippen LogP contribution < -0.4 is 9.47 Å². The van der Waals surface area contributed by atoms with Crippen LogP contribution in [0.15, 0.2) is 232 Å². The molecule has 8 aromatic rings. The zero-order chi connectivity index (χ0) is 92.6. The van der Waals surface area contributed by atoms with E-state index in [9.17, 15) is 83.9 Å². The van der Waals surface area contributed by atoms with Crippen molar-refractivity contribution in [1.82, 2.24) is 0 Å². The van der Waals surface area contributed by atoms with Gasteiger partial charge in [-0.2, -0.15) is 21.6 Å². The molecule has 0 aliphatic heterocycles. The Bertz CT molecular complexity index is 5300. The van der Waals surface area contributed by atoms with Crippen LogP contribution in [0.5, 0.6) is 11.5 Å². The third-order valence-corrected chi connectivity index (χ3v) is 17.7. The van der Waals surface area contributed by atoms with Crippen LogP contribution in [-0.2, 0) is 62.3 Å². The molecule has 0 unspecified atom stereocenters. The molecule has 0 atom stereocenters. The van der Waals surface area contributed by atoms with Crippen LogP contribution in [0, 0.1) is 27.7 Å². The van der Waals surface area contributed by atoms with Gasteiger partial charge in [0.2, 0.25) is 46.2 Å². The molecule has 0 aliphatic rings. The van der Waals surface area contributed by atoms with Crippen LogP contribution in [0.4, 0.5) is 22.8 Å². The summed E-state index contributed by atoms with van der Waals surface area (Å²) >= 11 is 5.78. The normalized spacial score (nSPS) is 11.3. The van der Waals surface area contributed by atoms with Gasteiger partial charge in [-0.15, -0.1) is 0 Å². The van der Waals surface area contributed by atoms with Crippen molar-refractivity contribution < 1.29 is 126 Å². The molecule has 0 N–H and O–H groups in total. The molecule has 0 bridgehead atoms. The van der Waals surface area contributed by atoms with E-state index in [4.69, 9.17) is 21.1 Å². The second-order valence-electron chi connectivity index (χ2n) is 26.3. The molecule has 0 aromatic heterocycles. The van der Waals surface area contributed by atoms with Gasteiger partial charge in [-0.05, 0) is 127 Å². The molecule has 125 heavy (non-hydrogen) atoms. The van der Waals surface area contributed by atoms with E-state index in [0.717, 1.165) is 74.1 Å². The van der Waals surface area contributed by atoms with Gasteiger partial charge in [0.05, 0.1) is 33.1 Å². The Labute approximate surface area is 725 Å². The average Bonchev–Trinajstić information content (AvgIpc) is 0.844. The number of Topliss-reactive ketones (excluding diaryl/α,β-unsaturated/α-hetero) is 8. The first-order chi connectivity index (χ1) is 59.5. The highest BCUT2D eigenvalue weighted by Gasteiger charge is 2.49. The summed E-state index contributed by atoms with van der Waals surface area (Å²) in [7, 11) is -3.29. The molecule has 0 heterocycles. The number of hydrogen-bond donors (Lipinski definition) is 0. The van der Waals surface area contributed by atoms with Gasteiger partial charge in [-0.1, -0.05) is 247 Å². The largest absolute Gasteiger partial charge is 0.540 e. The van der Waals surface area contributed by atoms with Crippen molar-refractivity contribution in [2.75, 3.05) is 34.0 Å². The number of oxime groups is 4. The molecule has 0 aliphatic carbocycles. The average molecular weight is 1770 g/mol. The topological polar surface area (TPSA) is 401 Å². The Morgan fingerprint density at radius 2 is 0.824 bits per heavy atom. The predicted octanol–water partition coefficient (Wildman–Crippen LogP) is 17.9. The van der Waals surface area contributed by atoms with Crippen molar-refractivity contribution in [3.63, 3.8) is 0 Å². The number of hydrogen-bond acceptors (Lipinski definition) is 29. The number of aliphatic imine (C=N–C) groups is 1. The fourth-order valence-electron chi connectivity index (χ4n) is 10.1. The summed E-state index contributed by atoms with van der Waals surface area (Å²) in [5, 5.41) is 13.5. The molecule has 0 saturated carbocycles. The summed E-state index contributed by atoms with van der Waals surface area (Å²) in [6.45, 7) is 15.6. The minimum atomic E-state index is -6.11. The Morgan fingerprint density at radius 1 is 0.416 bits per heavy atom. The Balaban J connectivity index is 0.000000328. The van der Waals surface area contributed by atoms with Crippen LogP contribution >= 0.6 is 11.6 Å².